The number of rotatable bonds is 17. The number of carbonyl (C=O) groups is 1. The summed E-state index contributed by atoms with van der Waals surface area (Å²) in [5, 5.41) is 14.6. The van der Waals surface area contributed by atoms with E-state index in [1.807, 2.05) is 48.5 Å². The highest BCUT2D eigenvalue weighted by Gasteiger charge is 2.09. The van der Waals surface area contributed by atoms with E-state index in [2.05, 4.69) is 12.2 Å². The zero-order valence-electron chi connectivity index (χ0n) is 20.5. The largest absolute Gasteiger partial charge is 0.496 e. The molecule has 0 saturated carbocycles. The fourth-order valence-corrected chi connectivity index (χ4v) is 3.97. The Kier molecular flexibility index (Phi) is 13.3. The van der Waals surface area contributed by atoms with Crippen LogP contribution in [0, 0.1) is 0 Å². The molecular formula is C28H42N2O3. The average Bonchev–Trinajstić information content (AvgIpc) is 2.83. The third-order valence-corrected chi connectivity index (χ3v) is 5.94. The standard InChI is InChI=1S/C28H42N2O3/c1-3-4-5-6-7-8-9-10-11-14-21-29-28(31)25-19-17-24(18-20-25)22-30(32)23-26-15-12-13-16-27(26)33-2/h12-13,15-20,32H,3-11,14,21-23H2,1-2H3,(H,29,31). The van der Waals surface area contributed by atoms with Crippen molar-refractivity contribution in [1.82, 2.24) is 10.4 Å². The highest BCUT2D eigenvalue weighted by atomic mass is 16.5. The molecule has 5 heteroatoms. The van der Waals surface area contributed by atoms with Crippen molar-refractivity contribution in [2.24, 2.45) is 0 Å². The first-order chi connectivity index (χ1) is 16.1. The van der Waals surface area contributed by atoms with E-state index in [0.29, 0.717) is 18.7 Å². The van der Waals surface area contributed by atoms with E-state index in [-0.39, 0.29) is 5.91 Å². The summed E-state index contributed by atoms with van der Waals surface area (Å²) in [5.41, 5.74) is 2.52. The number of carbonyl (C=O) groups excluding carboxylic acids is 1. The lowest BCUT2D eigenvalue weighted by Gasteiger charge is -2.17. The third-order valence-electron chi connectivity index (χ3n) is 5.94. The number of para-hydroxylation sites is 1. The van der Waals surface area contributed by atoms with Crippen molar-refractivity contribution in [1.29, 1.82) is 0 Å². The van der Waals surface area contributed by atoms with Crippen LogP contribution in [0.5, 0.6) is 5.75 Å². The van der Waals surface area contributed by atoms with Gasteiger partial charge in [-0.2, -0.15) is 5.06 Å². The quantitative estimate of drug-likeness (QED) is 0.205. The van der Waals surface area contributed by atoms with Gasteiger partial charge in [-0.05, 0) is 30.2 Å². The second kappa shape index (κ2) is 16.3. The number of hydroxylamine groups is 2. The van der Waals surface area contributed by atoms with Crippen LogP contribution in [-0.2, 0) is 13.1 Å². The Hall–Kier alpha value is -2.37. The fraction of sp³-hybridized carbons (Fsp3) is 0.536. The molecule has 182 valence electrons. The molecule has 5 nitrogen and oxygen atoms in total. The van der Waals surface area contributed by atoms with Crippen LogP contribution in [0.1, 0.15) is 92.6 Å². The molecule has 0 aromatic heterocycles. The Morgan fingerprint density at radius 2 is 1.45 bits per heavy atom. The van der Waals surface area contributed by atoms with Crippen molar-refractivity contribution < 1.29 is 14.7 Å². The maximum Gasteiger partial charge on any atom is 0.251 e. The predicted molar refractivity (Wildman–Crippen MR) is 135 cm³/mol. The number of nitrogens with zero attached hydrogens (tertiary/aromatic N) is 1. The zero-order valence-corrected chi connectivity index (χ0v) is 20.5. The van der Waals surface area contributed by atoms with Gasteiger partial charge in [-0.3, -0.25) is 4.79 Å². The minimum Gasteiger partial charge on any atom is -0.496 e. The van der Waals surface area contributed by atoms with E-state index in [9.17, 15) is 10.0 Å². The molecule has 0 aliphatic carbocycles. The number of amides is 1. The summed E-state index contributed by atoms with van der Waals surface area (Å²) in [6.07, 6.45) is 12.9. The number of ether oxygens (including phenoxy) is 1. The van der Waals surface area contributed by atoms with Crippen molar-refractivity contribution in [2.45, 2.75) is 84.2 Å². The minimum atomic E-state index is -0.0349. The maximum atomic E-state index is 12.4. The number of methoxy groups -OCH3 is 1. The van der Waals surface area contributed by atoms with Crippen molar-refractivity contribution in [3.63, 3.8) is 0 Å². The molecule has 0 radical (unpaired) electrons. The number of hydrogen-bond donors (Lipinski definition) is 2. The Bertz CT molecular complexity index is 792. The number of hydrogen-bond acceptors (Lipinski definition) is 4. The second-order valence-electron chi connectivity index (χ2n) is 8.77. The molecule has 0 aliphatic heterocycles. The average molecular weight is 455 g/mol. The van der Waals surface area contributed by atoms with E-state index in [1.54, 1.807) is 7.11 Å². The first kappa shape index (κ1) is 26.9. The van der Waals surface area contributed by atoms with Crippen LogP contribution < -0.4 is 10.1 Å². The van der Waals surface area contributed by atoms with Gasteiger partial charge in [0.15, 0.2) is 0 Å². The van der Waals surface area contributed by atoms with Gasteiger partial charge in [0.05, 0.1) is 13.7 Å². The smallest absolute Gasteiger partial charge is 0.251 e. The molecule has 0 saturated heterocycles. The minimum absolute atomic E-state index is 0.0349. The van der Waals surface area contributed by atoms with Gasteiger partial charge in [-0.15, -0.1) is 0 Å². The second-order valence-corrected chi connectivity index (χ2v) is 8.77. The summed E-state index contributed by atoms with van der Waals surface area (Å²) in [6.45, 7) is 3.72. The molecule has 2 aromatic rings. The summed E-state index contributed by atoms with van der Waals surface area (Å²) >= 11 is 0. The first-order valence-corrected chi connectivity index (χ1v) is 12.6. The Balaban J connectivity index is 1.61. The maximum absolute atomic E-state index is 12.4. The van der Waals surface area contributed by atoms with Gasteiger partial charge in [0.25, 0.3) is 5.91 Å². The van der Waals surface area contributed by atoms with Crippen LogP contribution in [0.3, 0.4) is 0 Å². The lowest BCUT2D eigenvalue weighted by atomic mass is 10.1. The van der Waals surface area contributed by atoms with Gasteiger partial charge in [-0.25, -0.2) is 0 Å². The normalized spacial score (nSPS) is 11.0. The molecule has 0 spiro atoms. The summed E-state index contributed by atoms with van der Waals surface area (Å²) < 4.78 is 5.34. The van der Waals surface area contributed by atoms with Crippen molar-refractivity contribution in [3.8, 4) is 5.75 Å². The van der Waals surface area contributed by atoms with Gasteiger partial charge in [0.2, 0.25) is 0 Å². The third kappa shape index (κ3) is 10.9. The van der Waals surface area contributed by atoms with E-state index in [0.717, 1.165) is 29.8 Å². The van der Waals surface area contributed by atoms with E-state index in [1.165, 1.54) is 62.9 Å². The van der Waals surface area contributed by atoms with Crippen molar-refractivity contribution in [2.75, 3.05) is 13.7 Å². The summed E-state index contributed by atoms with van der Waals surface area (Å²) in [5.74, 6) is 0.721. The van der Waals surface area contributed by atoms with Crippen LogP contribution in [0.2, 0.25) is 0 Å². The monoisotopic (exact) mass is 454 g/mol. The molecule has 0 unspecified atom stereocenters. The predicted octanol–water partition coefficient (Wildman–Crippen LogP) is 6.74. The van der Waals surface area contributed by atoms with Crippen molar-refractivity contribution >= 4 is 5.91 Å². The van der Waals surface area contributed by atoms with Crippen LogP contribution in [0.4, 0.5) is 0 Å². The van der Waals surface area contributed by atoms with Gasteiger partial charge in [0, 0.05) is 24.2 Å². The molecule has 0 heterocycles. The van der Waals surface area contributed by atoms with E-state index >= 15 is 0 Å². The molecule has 1 amide bonds. The van der Waals surface area contributed by atoms with Gasteiger partial charge in [-0.1, -0.05) is 95.0 Å². The summed E-state index contributed by atoms with van der Waals surface area (Å²) in [7, 11) is 1.63. The van der Waals surface area contributed by atoms with E-state index < -0.39 is 0 Å². The lowest BCUT2D eigenvalue weighted by Crippen LogP contribution is -2.24. The highest BCUT2D eigenvalue weighted by Crippen LogP contribution is 2.19. The van der Waals surface area contributed by atoms with E-state index in [4.69, 9.17) is 4.74 Å². The lowest BCUT2D eigenvalue weighted by molar-refractivity contribution is -0.108. The Labute approximate surface area is 200 Å². The van der Waals surface area contributed by atoms with Crippen LogP contribution in [0.25, 0.3) is 0 Å². The molecule has 0 bridgehead atoms. The number of unbranched alkanes of at least 4 members (excludes halogenated alkanes) is 9. The highest BCUT2D eigenvalue weighted by molar-refractivity contribution is 5.94. The molecule has 0 fully saturated rings. The van der Waals surface area contributed by atoms with Gasteiger partial charge in [0.1, 0.15) is 5.75 Å². The van der Waals surface area contributed by atoms with Crippen LogP contribution in [-0.4, -0.2) is 29.8 Å². The molecule has 0 aliphatic rings. The molecule has 33 heavy (non-hydrogen) atoms. The first-order valence-electron chi connectivity index (χ1n) is 12.6. The molecule has 2 aromatic carbocycles. The number of benzene rings is 2. The topological polar surface area (TPSA) is 61.8 Å². The SMILES string of the molecule is CCCCCCCCCCCCNC(=O)c1ccc(CN(O)Cc2ccccc2OC)cc1. The van der Waals surface area contributed by atoms with Crippen LogP contribution in [0.15, 0.2) is 48.5 Å². The molecule has 2 N–H and O–H groups in total. The summed E-state index contributed by atoms with van der Waals surface area (Å²) in [4.78, 5) is 12.4. The van der Waals surface area contributed by atoms with Gasteiger partial charge >= 0.3 is 0 Å². The zero-order chi connectivity index (χ0) is 23.7. The Morgan fingerprint density at radius 3 is 2.09 bits per heavy atom. The molecule has 0 atom stereocenters. The molecular weight excluding hydrogens is 412 g/mol. The Morgan fingerprint density at radius 1 is 0.848 bits per heavy atom. The fourth-order valence-electron chi connectivity index (χ4n) is 3.97. The summed E-state index contributed by atoms with van der Waals surface area (Å²) in [6, 6.07) is 15.1. The molecule has 2 rings (SSSR count). The van der Waals surface area contributed by atoms with Crippen LogP contribution >= 0.6 is 0 Å². The van der Waals surface area contributed by atoms with Crippen molar-refractivity contribution in [3.05, 3.63) is 65.2 Å². The van der Waals surface area contributed by atoms with Gasteiger partial charge < -0.3 is 15.3 Å². The number of nitrogens with one attached hydrogen (secondary N) is 1.